The highest BCUT2D eigenvalue weighted by Gasteiger charge is 2.18. The third kappa shape index (κ3) is 4.08. The predicted molar refractivity (Wildman–Crippen MR) is 96.8 cm³/mol. The van der Waals surface area contributed by atoms with E-state index in [2.05, 4.69) is 10.1 Å². The van der Waals surface area contributed by atoms with Crippen molar-refractivity contribution < 1.29 is 14.1 Å². The second kappa shape index (κ2) is 7.82. The van der Waals surface area contributed by atoms with Gasteiger partial charge in [-0.15, -0.1) is 0 Å². The maximum atomic E-state index is 12.9. The predicted octanol–water partition coefficient (Wildman–Crippen LogP) is 3.54. The third-order valence-corrected chi connectivity index (χ3v) is 4.06. The Labute approximate surface area is 152 Å². The van der Waals surface area contributed by atoms with Crippen molar-refractivity contribution >= 4 is 5.91 Å². The molecule has 0 fully saturated rings. The lowest BCUT2D eigenvalue weighted by atomic mass is 10.1. The van der Waals surface area contributed by atoms with Crippen molar-refractivity contribution in [3.8, 4) is 5.75 Å². The number of amides is 1. The summed E-state index contributed by atoms with van der Waals surface area (Å²) >= 11 is 0. The molecule has 0 bridgehead atoms. The van der Waals surface area contributed by atoms with Gasteiger partial charge in [0.05, 0.1) is 5.56 Å². The van der Waals surface area contributed by atoms with Crippen LogP contribution in [0.5, 0.6) is 5.75 Å². The van der Waals surface area contributed by atoms with Gasteiger partial charge in [-0.3, -0.25) is 4.79 Å². The number of carbonyl (C=O) groups is 1. The monoisotopic (exact) mass is 351 g/mol. The molecule has 3 aromatic rings. The number of carbonyl (C=O) groups excluding carboxylic acids is 1. The van der Waals surface area contributed by atoms with Gasteiger partial charge in [0.25, 0.3) is 5.91 Å². The first-order chi connectivity index (χ1) is 12.5. The lowest BCUT2D eigenvalue weighted by Crippen LogP contribution is -2.27. The Bertz CT molecular complexity index is 905. The summed E-state index contributed by atoms with van der Waals surface area (Å²) in [6.45, 7) is 4.43. The smallest absolute Gasteiger partial charge is 0.257 e. The minimum absolute atomic E-state index is 0.104. The van der Waals surface area contributed by atoms with Crippen LogP contribution in [0.4, 0.5) is 0 Å². The summed E-state index contributed by atoms with van der Waals surface area (Å²) in [5, 5.41) is 3.80. The van der Waals surface area contributed by atoms with Crippen molar-refractivity contribution in [2.45, 2.75) is 27.0 Å². The van der Waals surface area contributed by atoms with E-state index in [0.717, 1.165) is 11.1 Å². The molecule has 26 heavy (non-hydrogen) atoms. The number of aromatic nitrogens is 2. The van der Waals surface area contributed by atoms with Crippen LogP contribution < -0.4 is 4.74 Å². The summed E-state index contributed by atoms with van der Waals surface area (Å²) in [7, 11) is 1.79. The van der Waals surface area contributed by atoms with Crippen LogP contribution in [0, 0.1) is 13.8 Å². The van der Waals surface area contributed by atoms with Gasteiger partial charge in [0, 0.05) is 20.5 Å². The topological polar surface area (TPSA) is 68.5 Å². The number of nitrogens with zero attached hydrogens (tertiary/aromatic N) is 3. The van der Waals surface area contributed by atoms with Crippen LogP contribution in [-0.2, 0) is 13.2 Å². The minimum Gasteiger partial charge on any atom is -0.485 e. The molecule has 0 saturated heterocycles. The molecule has 6 nitrogen and oxygen atoms in total. The van der Waals surface area contributed by atoms with E-state index in [0.29, 0.717) is 29.6 Å². The molecular formula is C20H21N3O3. The summed E-state index contributed by atoms with van der Waals surface area (Å²) in [6.07, 6.45) is 0. The van der Waals surface area contributed by atoms with Gasteiger partial charge in [0.2, 0.25) is 11.7 Å². The maximum Gasteiger partial charge on any atom is 0.257 e. The van der Waals surface area contributed by atoms with Gasteiger partial charge in [-0.1, -0.05) is 41.6 Å². The van der Waals surface area contributed by atoms with Crippen molar-refractivity contribution in [1.29, 1.82) is 0 Å². The highest BCUT2D eigenvalue weighted by atomic mass is 16.5. The van der Waals surface area contributed by atoms with Crippen LogP contribution in [0.3, 0.4) is 0 Å². The highest BCUT2D eigenvalue weighted by Crippen LogP contribution is 2.21. The van der Waals surface area contributed by atoms with Gasteiger partial charge in [-0.05, 0) is 30.2 Å². The number of rotatable bonds is 6. The fourth-order valence-corrected chi connectivity index (χ4v) is 2.63. The summed E-state index contributed by atoms with van der Waals surface area (Å²) in [6, 6.07) is 15.2. The molecule has 1 aromatic heterocycles. The summed E-state index contributed by atoms with van der Waals surface area (Å²) < 4.78 is 10.7. The van der Waals surface area contributed by atoms with E-state index in [1.54, 1.807) is 31.0 Å². The zero-order valence-corrected chi connectivity index (χ0v) is 15.1. The minimum atomic E-state index is -0.104. The van der Waals surface area contributed by atoms with Crippen molar-refractivity contribution in [2.24, 2.45) is 0 Å². The normalized spacial score (nSPS) is 10.6. The Morgan fingerprint density at radius 1 is 1.12 bits per heavy atom. The SMILES string of the molecule is Cc1nc(COc2ccccc2C(=O)N(C)Cc2ccccc2C)no1. The quantitative estimate of drug-likeness (QED) is 0.679. The number of para-hydroxylation sites is 1. The van der Waals surface area contributed by atoms with Gasteiger partial charge in [-0.25, -0.2) is 0 Å². The first-order valence-corrected chi connectivity index (χ1v) is 8.35. The van der Waals surface area contributed by atoms with E-state index in [-0.39, 0.29) is 12.5 Å². The van der Waals surface area contributed by atoms with E-state index in [1.165, 1.54) is 0 Å². The Morgan fingerprint density at radius 3 is 2.58 bits per heavy atom. The second-order valence-corrected chi connectivity index (χ2v) is 6.10. The number of hydrogen-bond donors (Lipinski definition) is 0. The van der Waals surface area contributed by atoms with Crippen LogP contribution in [0.2, 0.25) is 0 Å². The molecule has 0 aliphatic carbocycles. The van der Waals surface area contributed by atoms with E-state index in [1.807, 2.05) is 43.3 Å². The number of aryl methyl sites for hydroxylation is 2. The Balaban J connectivity index is 1.73. The molecule has 1 heterocycles. The molecule has 0 aliphatic rings. The van der Waals surface area contributed by atoms with E-state index >= 15 is 0 Å². The molecule has 0 N–H and O–H groups in total. The second-order valence-electron chi connectivity index (χ2n) is 6.10. The molecule has 3 rings (SSSR count). The Kier molecular flexibility index (Phi) is 5.31. The molecule has 0 radical (unpaired) electrons. The largest absolute Gasteiger partial charge is 0.485 e. The molecular weight excluding hydrogens is 330 g/mol. The molecule has 2 aromatic carbocycles. The van der Waals surface area contributed by atoms with Gasteiger partial charge in [0.15, 0.2) is 6.61 Å². The standard InChI is InChI=1S/C20H21N3O3/c1-14-8-4-5-9-16(14)12-23(3)20(24)17-10-6-7-11-18(17)25-13-19-21-15(2)26-22-19/h4-11H,12-13H2,1-3H3. The number of benzene rings is 2. The van der Waals surface area contributed by atoms with E-state index in [9.17, 15) is 4.79 Å². The lowest BCUT2D eigenvalue weighted by Gasteiger charge is -2.20. The van der Waals surface area contributed by atoms with E-state index < -0.39 is 0 Å². The fraction of sp³-hybridized carbons (Fsp3) is 0.250. The molecule has 0 spiro atoms. The highest BCUT2D eigenvalue weighted by molar-refractivity contribution is 5.96. The zero-order valence-electron chi connectivity index (χ0n) is 15.1. The molecule has 0 atom stereocenters. The van der Waals surface area contributed by atoms with Crippen molar-refractivity contribution in [3.63, 3.8) is 0 Å². The average Bonchev–Trinajstić information content (AvgIpc) is 3.07. The molecule has 0 unspecified atom stereocenters. The van der Waals surface area contributed by atoms with Crippen LogP contribution in [0.15, 0.2) is 53.1 Å². The van der Waals surface area contributed by atoms with Crippen LogP contribution in [0.1, 0.15) is 33.2 Å². The van der Waals surface area contributed by atoms with Gasteiger partial charge in [0.1, 0.15) is 5.75 Å². The number of hydrogen-bond acceptors (Lipinski definition) is 5. The third-order valence-electron chi connectivity index (χ3n) is 4.06. The van der Waals surface area contributed by atoms with Gasteiger partial charge >= 0.3 is 0 Å². The first-order valence-electron chi connectivity index (χ1n) is 8.35. The van der Waals surface area contributed by atoms with Crippen molar-refractivity contribution in [1.82, 2.24) is 15.0 Å². The first kappa shape index (κ1) is 17.7. The average molecular weight is 351 g/mol. The maximum absolute atomic E-state index is 12.9. The molecule has 134 valence electrons. The van der Waals surface area contributed by atoms with Crippen LogP contribution >= 0.6 is 0 Å². The van der Waals surface area contributed by atoms with E-state index in [4.69, 9.17) is 9.26 Å². The fourth-order valence-electron chi connectivity index (χ4n) is 2.63. The van der Waals surface area contributed by atoms with Gasteiger partial charge in [-0.2, -0.15) is 4.98 Å². The summed E-state index contributed by atoms with van der Waals surface area (Å²) in [5.74, 6) is 1.31. The van der Waals surface area contributed by atoms with Gasteiger partial charge < -0.3 is 14.2 Å². The molecule has 1 amide bonds. The van der Waals surface area contributed by atoms with Crippen LogP contribution in [-0.4, -0.2) is 28.0 Å². The zero-order chi connectivity index (χ0) is 18.5. The lowest BCUT2D eigenvalue weighted by molar-refractivity contribution is 0.0780. The Hall–Kier alpha value is -3.15. The van der Waals surface area contributed by atoms with Crippen molar-refractivity contribution in [3.05, 3.63) is 76.9 Å². The van der Waals surface area contributed by atoms with Crippen molar-refractivity contribution in [2.75, 3.05) is 7.05 Å². The molecule has 0 saturated carbocycles. The Morgan fingerprint density at radius 2 is 1.85 bits per heavy atom. The summed E-state index contributed by atoms with van der Waals surface area (Å²) in [5.41, 5.74) is 2.77. The van der Waals surface area contributed by atoms with Crippen LogP contribution in [0.25, 0.3) is 0 Å². The summed E-state index contributed by atoms with van der Waals surface area (Å²) in [4.78, 5) is 18.7. The number of ether oxygens (including phenoxy) is 1. The molecule has 0 aliphatic heterocycles. The molecule has 6 heteroatoms.